The van der Waals surface area contributed by atoms with E-state index in [1.807, 2.05) is 60.7 Å². The van der Waals surface area contributed by atoms with Crippen molar-refractivity contribution in [3.05, 3.63) is 138 Å². The molecule has 0 bridgehead atoms. The summed E-state index contributed by atoms with van der Waals surface area (Å²) in [6, 6.07) is 27.7. The molecule has 11 nitrogen and oxygen atoms in total. The van der Waals surface area contributed by atoms with Gasteiger partial charge in [-0.2, -0.15) is 0 Å². The molecule has 0 aliphatic carbocycles. The minimum atomic E-state index is -1.73. The number of fused-ring (bicyclic) bond motifs is 5. The third kappa shape index (κ3) is 6.05. The van der Waals surface area contributed by atoms with E-state index in [0.717, 1.165) is 5.56 Å². The number of aliphatic carboxylic acids is 1. The number of cyclic esters (lactones) is 1. The molecule has 4 aromatic carbocycles. The Morgan fingerprint density at radius 2 is 1.63 bits per heavy atom. The van der Waals surface area contributed by atoms with Gasteiger partial charge in [0.05, 0.1) is 18.5 Å². The molecular weight excluding hydrogens is 732 g/mol. The Bertz CT molecular complexity index is 2030. The Labute approximate surface area is 308 Å². The molecule has 0 saturated carbocycles. The van der Waals surface area contributed by atoms with E-state index < -0.39 is 59.4 Å². The van der Waals surface area contributed by atoms with E-state index in [4.69, 9.17) is 15.2 Å². The zero-order valence-electron chi connectivity index (χ0n) is 27.2. The van der Waals surface area contributed by atoms with E-state index in [0.29, 0.717) is 33.7 Å². The Hall–Kier alpha value is -5.43. The number of esters is 1. The number of urea groups is 1. The van der Waals surface area contributed by atoms with Crippen molar-refractivity contribution in [2.45, 2.75) is 29.6 Å². The maximum Gasteiger partial charge on any atom is 0.325 e. The summed E-state index contributed by atoms with van der Waals surface area (Å²) >= 11 is 0. The Morgan fingerprint density at radius 1 is 0.961 bits per heavy atom. The smallest absolute Gasteiger partial charge is 0.325 e. The van der Waals surface area contributed by atoms with Crippen LogP contribution in [0.1, 0.15) is 45.9 Å². The maximum absolute atomic E-state index is 15.1. The predicted octanol–water partition coefficient (Wildman–Crippen LogP) is 4.27. The van der Waals surface area contributed by atoms with Crippen LogP contribution in [0.5, 0.6) is 5.75 Å². The fourth-order valence-corrected chi connectivity index (χ4v) is 7.78. The van der Waals surface area contributed by atoms with Gasteiger partial charge in [-0.3, -0.25) is 19.3 Å². The van der Waals surface area contributed by atoms with Gasteiger partial charge >= 0.3 is 18.0 Å². The summed E-state index contributed by atoms with van der Waals surface area (Å²) in [5.74, 6) is 1.37. The maximum atomic E-state index is 15.1. The molecule has 3 aliphatic rings. The van der Waals surface area contributed by atoms with Crippen molar-refractivity contribution >= 4 is 29.6 Å². The number of carbonyl (C=O) groups excluding carboxylic acids is 3. The van der Waals surface area contributed by atoms with Crippen LogP contribution in [0.25, 0.3) is 0 Å². The third-order valence-corrected chi connectivity index (χ3v) is 9.61. The average Bonchev–Trinajstić information content (AvgIpc) is 3.46. The number of nitrogens with one attached hydrogen (secondary N) is 2. The normalized spacial score (nSPS) is 24.5. The number of nitrogens with two attached hydrogens (primary N) is 1. The van der Waals surface area contributed by atoms with Gasteiger partial charge in [0.25, 0.3) is 0 Å². The van der Waals surface area contributed by atoms with E-state index >= 15 is 4.79 Å². The van der Waals surface area contributed by atoms with Gasteiger partial charge in [-0.25, -0.2) is 4.79 Å². The van der Waals surface area contributed by atoms with E-state index in [9.17, 15) is 19.5 Å². The topological polar surface area (TPSA) is 160 Å². The minimum absolute atomic E-state index is 0. The summed E-state index contributed by atoms with van der Waals surface area (Å²) in [6.45, 7) is 3.92. The van der Waals surface area contributed by atoms with Crippen molar-refractivity contribution in [2.24, 2.45) is 11.7 Å². The molecule has 0 radical (unpaired) electrons. The van der Waals surface area contributed by atoms with E-state index in [1.165, 1.54) is 0 Å². The first kappa shape index (κ1) is 35.4. The Balaban J connectivity index is 0.00000448. The second-order valence-electron chi connectivity index (χ2n) is 12.2. The largest absolute Gasteiger partial charge is 0.525 e. The molecule has 3 aliphatic heterocycles. The van der Waals surface area contributed by atoms with Crippen LogP contribution in [0.2, 0.25) is 0 Å². The van der Waals surface area contributed by atoms with Crippen molar-refractivity contribution < 1.29 is 54.8 Å². The monoisotopic (exact) mass is 767 g/mol. The Kier molecular flexibility index (Phi) is 10.0. The quantitative estimate of drug-likeness (QED) is 0.0940. The standard InChI is InChI=1S/C39H33N4O7.Mo/c1-2-49-27-18-16-26(17-19-27)39-31(28-22-23(10-9-21-41-38(40)48)15-20-29(28)42-37(39)47)30(35(44)45)33-36(46)50-34(25-13-7-4-8-14-25)32(43(33)39)24-11-5-3-6-12-24;/h3-8,11-20,22,30-34H,1-2,21H2,(H,42,47)(H,44,45)(H3,40,41,48);/q-1;/t30-,31+,32-,33-,34+,39+;/m1./s1. The van der Waals surface area contributed by atoms with Gasteiger partial charge in [0.1, 0.15) is 23.4 Å². The first-order valence-corrected chi connectivity index (χ1v) is 16.1. The van der Waals surface area contributed by atoms with Gasteiger partial charge in [0.15, 0.2) is 0 Å². The summed E-state index contributed by atoms with van der Waals surface area (Å²) in [6.07, 6.45) is -0.884. The van der Waals surface area contributed by atoms with Gasteiger partial charge < -0.3 is 37.9 Å². The van der Waals surface area contributed by atoms with Crippen LogP contribution in [0.15, 0.2) is 103 Å². The van der Waals surface area contributed by atoms with Crippen LogP contribution in [0.4, 0.5) is 10.5 Å². The number of carboxylic acid groups (broad SMARTS) is 1. The molecule has 4 aromatic rings. The zero-order valence-corrected chi connectivity index (χ0v) is 29.2. The number of rotatable bonds is 7. The molecule has 0 unspecified atom stereocenters. The van der Waals surface area contributed by atoms with E-state index in [1.54, 1.807) is 47.4 Å². The number of benzene rings is 4. The zero-order chi connectivity index (χ0) is 35.0. The van der Waals surface area contributed by atoms with Crippen LogP contribution >= 0.6 is 0 Å². The van der Waals surface area contributed by atoms with Gasteiger partial charge in [0.2, 0.25) is 5.91 Å². The molecule has 0 aromatic heterocycles. The van der Waals surface area contributed by atoms with Crippen LogP contribution in [0.3, 0.4) is 0 Å². The number of primary amides is 1. The molecule has 2 fully saturated rings. The third-order valence-electron chi connectivity index (χ3n) is 9.61. The first-order chi connectivity index (χ1) is 24.2. The van der Waals surface area contributed by atoms with Crippen molar-refractivity contribution in [3.8, 4) is 17.6 Å². The van der Waals surface area contributed by atoms with Crippen molar-refractivity contribution in [1.29, 1.82) is 0 Å². The molecule has 12 heteroatoms. The number of anilines is 1. The molecule has 2 saturated heterocycles. The molecule has 0 spiro atoms. The molecule has 3 amide bonds. The van der Waals surface area contributed by atoms with Crippen molar-refractivity contribution in [3.63, 3.8) is 0 Å². The second kappa shape index (κ2) is 14.4. The fraction of sp³-hybridized carbons (Fsp3) is 0.205. The van der Waals surface area contributed by atoms with Crippen LogP contribution < -0.4 is 21.1 Å². The Morgan fingerprint density at radius 3 is 2.25 bits per heavy atom. The molecule has 3 heterocycles. The number of carbonyl (C=O) groups is 4. The van der Waals surface area contributed by atoms with Gasteiger partial charge in [-0.05, 0) is 59.2 Å². The molecule has 258 valence electrons. The number of hydrogen-bond acceptors (Lipinski definition) is 7. The number of carboxylic acids is 1. The average molecular weight is 766 g/mol. The number of morpholine rings is 1. The number of ether oxygens (including phenoxy) is 2. The molecule has 7 rings (SSSR count). The van der Waals surface area contributed by atoms with Crippen LogP contribution in [-0.4, -0.2) is 53.1 Å². The summed E-state index contributed by atoms with van der Waals surface area (Å²) in [4.78, 5) is 55.9. The number of nitrogens with zero attached hydrogens (tertiary/aromatic N) is 1. The van der Waals surface area contributed by atoms with Gasteiger partial charge in [-0.1, -0.05) is 84.6 Å². The van der Waals surface area contributed by atoms with E-state index in [-0.39, 0.29) is 34.2 Å². The van der Waals surface area contributed by atoms with Gasteiger partial charge in [-0.15, -0.1) is 0 Å². The predicted molar refractivity (Wildman–Crippen MR) is 182 cm³/mol. The fourth-order valence-electron chi connectivity index (χ4n) is 7.78. The van der Waals surface area contributed by atoms with Crippen molar-refractivity contribution in [2.75, 3.05) is 18.5 Å². The molecule has 5 N–H and O–H groups in total. The van der Waals surface area contributed by atoms with Crippen molar-refractivity contribution in [1.82, 2.24) is 10.2 Å². The van der Waals surface area contributed by atoms with Gasteiger partial charge in [0, 0.05) is 38.2 Å². The molecular formula is C39H33MoN4O7-. The molecule has 6 atom stereocenters. The molecule has 51 heavy (non-hydrogen) atoms. The summed E-state index contributed by atoms with van der Waals surface area (Å²) in [5.41, 5.74) is 6.76. The summed E-state index contributed by atoms with van der Waals surface area (Å²) < 4.78 is 11.9. The summed E-state index contributed by atoms with van der Waals surface area (Å²) in [5, 5.41) is 16.5. The minimum Gasteiger partial charge on any atom is -0.525 e. The summed E-state index contributed by atoms with van der Waals surface area (Å²) in [7, 11) is 0. The van der Waals surface area contributed by atoms with E-state index in [2.05, 4.69) is 29.4 Å². The second-order valence-corrected chi connectivity index (χ2v) is 12.2. The number of amides is 3. The van der Waals surface area contributed by atoms with Crippen LogP contribution in [-0.2, 0) is 45.7 Å². The number of hydrogen-bond donors (Lipinski definition) is 4. The first-order valence-electron chi connectivity index (χ1n) is 16.1. The SMILES string of the molecule is [CH2-]COc1ccc([C@@]23C(=O)Nc4ccc(C#CCNC(N)=O)cc4[C@H]2[C@@H](C(=O)O)[C@@H]2C(=O)O[C@@H](c4ccccc4)[C@@H](c4ccccc4)N23)cc1.[Mo]. The van der Waals surface area contributed by atoms with Crippen LogP contribution in [0, 0.1) is 24.7 Å².